The molecule has 2 heterocycles. The van der Waals surface area contributed by atoms with Gasteiger partial charge in [-0.3, -0.25) is 4.84 Å². The highest BCUT2D eigenvalue weighted by molar-refractivity contribution is 5.53. The lowest BCUT2D eigenvalue weighted by molar-refractivity contribution is 0.0237. The minimum atomic E-state index is 0.556. The number of nitrogens with zero attached hydrogens (tertiary/aromatic N) is 2. The monoisotopic (exact) mass is 253 g/mol. The Hall–Kier alpha value is -2.17. The van der Waals surface area contributed by atoms with Crippen LogP contribution in [0.25, 0.3) is 5.52 Å². The lowest BCUT2D eigenvalue weighted by Gasteiger charge is -2.05. The fraction of sp³-hybridized carbons (Fsp3) is 0.133. The third kappa shape index (κ3) is 2.81. The first-order valence-corrected chi connectivity index (χ1v) is 6.23. The van der Waals surface area contributed by atoms with Crippen molar-refractivity contribution in [1.29, 1.82) is 0 Å². The standard InChI is InChI=1S/C15H15N3O/c1-2-6-13(7-3-1)12-19-17-11-14-10-16-18-9-5-4-8-15(14)18/h1-10,17H,11-12H2. The Morgan fingerprint density at radius 3 is 2.79 bits per heavy atom. The largest absolute Gasteiger partial charge is 0.297 e. The summed E-state index contributed by atoms with van der Waals surface area (Å²) >= 11 is 0. The molecule has 3 aromatic rings. The molecule has 2 aromatic heterocycles. The molecule has 19 heavy (non-hydrogen) atoms. The Balaban J connectivity index is 1.55. The number of hydrogen-bond donors (Lipinski definition) is 1. The maximum absolute atomic E-state index is 5.45. The topological polar surface area (TPSA) is 38.6 Å². The van der Waals surface area contributed by atoms with Crippen molar-refractivity contribution in [2.75, 3.05) is 0 Å². The van der Waals surface area contributed by atoms with E-state index in [1.54, 1.807) is 0 Å². The molecule has 1 N–H and O–H groups in total. The van der Waals surface area contributed by atoms with E-state index in [4.69, 9.17) is 4.84 Å². The molecule has 0 atom stereocenters. The van der Waals surface area contributed by atoms with Crippen molar-refractivity contribution >= 4 is 5.52 Å². The van der Waals surface area contributed by atoms with Gasteiger partial charge in [0, 0.05) is 18.3 Å². The molecule has 0 aliphatic heterocycles. The fourth-order valence-electron chi connectivity index (χ4n) is 1.96. The van der Waals surface area contributed by atoms with Gasteiger partial charge in [-0.1, -0.05) is 36.4 Å². The average molecular weight is 253 g/mol. The summed E-state index contributed by atoms with van der Waals surface area (Å²) in [6.07, 6.45) is 3.79. The Morgan fingerprint density at radius 2 is 1.89 bits per heavy atom. The van der Waals surface area contributed by atoms with Crippen molar-refractivity contribution < 1.29 is 4.84 Å². The Kier molecular flexibility index (Phi) is 3.54. The number of aromatic nitrogens is 2. The van der Waals surface area contributed by atoms with Crippen molar-refractivity contribution in [2.24, 2.45) is 0 Å². The van der Waals surface area contributed by atoms with Gasteiger partial charge in [0.05, 0.1) is 18.3 Å². The molecule has 4 heteroatoms. The number of rotatable bonds is 5. The molecule has 0 saturated heterocycles. The van der Waals surface area contributed by atoms with E-state index in [1.165, 1.54) is 0 Å². The molecule has 4 nitrogen and oxygen atoms in total. The van der Waals surface area contributed by atoms with Crippen LogP contribution in [0.15, 0.2) is 60.9 Å². The summed E-state index contributed by atoms with van der Waals surface area (Å²) in [4.78, 5) is 5.45. The minimum Gasteiger partial charge on any atom is -0.297 e. The van der Waals surface area contributed by atoms with Gasteiger partial charge < -0.3 is 0 Å². The molecule has 3 rings (SSSR count). The number of nitrogens with one attached hydrogen (secondary N) is 1. The minimum absolute atomic E-state index is 0.556. The molecule has 0 fully saturated rings. The van der Waals surface area contributed by atoms with E-state index in [2.05, 4.69) is 10.6 Å². The number of hydroxylamine groups is 1. The van der Waals surface area contributed by atoms with Crippen LogP contribution in [0.4, 0.5) is 0 Å². The van der Waals surface area contributed by atoms with Gasteiger partial charge in [0.25, 0.3) is 0 Å². The summed E-state index contributed by atoms with van der Waals surface area (Å²) in [5.41, 5.74) is 6.34. The Bertz CT molecular complexity index is 649. The van der Waals surface area contributed by atoms with Gasteiger partial charge in [0.15, 0.2) is 0 Å². The molecule has 0 unspecified atom stereocenters. The first-order valence-electron chi connectivity index (χ1n) is 6.23. The van der Waals surface area contributed by atoms with Crippen molar-refractivity contribution in [3.63, 3.8) is 0 Å². The quantitative estimate of drug-likeness (QED) is 0.561. The lowest BCUT2D eigenvalue weighted by atomic mass is 10.2. The first-order chi connectivity index (χ1) is 9.43. The smallest absolute Gasteiger partial charge is 0.0933 e. The van der Waals surface area contributed by atoms with Crippen LogP contribution in [0.1, 0.15) is 11.1 Å². The van der Waals surface area contributed by atoms with Gasteiger partial charge >= 0.3 is 0 Å². The summed E-state index contributed by atoms with van der Waals surface area (Å²) < 4.78 is 1.86. The third-order valence-corrected chi connectivity index (χ3v) is 2.95. The van der Waals surface area contributed by atoms with Gasteiger partial charge in [-0.2, -0.15) is 10.6 Å². The zero-order chi connectivity index (χ0) is 12.9. The van der Waals surface area contributed by atoms with E-state index in [0.29, 0.717) is 13.2 Å². The van der Waals surface area contributed by atoms with Crippen LogP contribution in [-0.4, -0.2) is 9.61 Å². The molecule has 0 radical (unpaired) electrons. The average Bonchev–Trinajstić information content (AvgIpc) is 2.88. The van der Waals surface area contributed by atoms with E-state index < -0.39 is 0 Å². The number of hydrogen-bond acceptors (Lipinski definition) is 3. The van der Waals surface area contributed by atoms with Gasteiger partial charge in [-0.25, -0.2) is 4.52 Å². The fourth-order valence-corrected chi connectivity index (χ4v) is 1.96. The molecule has 0 bridgehead atoms. The van der Waals surface area contributed by atoms with Gasteiger partial charge in [0.2, 0.25) is 0 Å². The Labute approximate surface area is 111 Å². The van der Waals surface area contributed by atoms with Crippen molar-refractivity contribution in [3.8, 4) is 0 Å². The summed E-state index contributed by atoms with van der Waals surface area (Å²) in [5.74, 6) is 0. The van der Waals surface area contributed by atoms with Crippen molar-refractivity contribution in [3.05, 3.63) is 72.1 Å². The van der Waals surface area contributed by atoms with Crippen LogP contribution in [0.5, 0.6) is 0 Å². The van der Waals surface area contributed by atoms with E-state index in [9.17, 15) is 0 Å². The molecule has 0 spiro atoms. The van der Waals surface area contributed by atoms with Crippen molar-refractivity contribution in [1.82, 2.24) is 15.1 Å². The second-order valence-electron chi connectivity index (χ2n) is 4.30. The maximum Gasteiger partial charge on any atom is 0.0933 e. The molecular formula is C15H15N3O. The van der Waals surface area contributed by atoms with Crippen LogP contribution in [0.3, 0.4) is 0 Å². The molecule has 0 aliphatic carbocycles. The van der Waals surface area contributed by atoms with Crippen LogP contribution >= 0.6 is 0 Å². The summed E-state index contributed by atoms with van der Waals surface area (Å²) in [5, 5.41) is 4.28. The van der Waals surface area contributed by atoms with E-state index in [0.717, 1.165) is 16.6 Å². The molecular weight excluding hydrogens is 238 g/mol. The predicted molar refractivity (Wildman–Crippen MR) is 73.3 cm³/mol. The SMILES string of the molecule is c1ccc(CONCc2cnn3ccccc23)cc1. The van der Waals surface area contributed by atoms with Gasteiger partial charge in [0.1, 0.15) is 0 Å². The molecule has 0 amide bonds. The normalized spacial score (nSPS) is 10.9. The van der Waals surface area contributed by atoms with E-state index in [1.807, 2.05) is 65.4 Å². The zero-order valence-corrected chi connectivity index (χ0v) is 10.5. The number of fused-ring (bicyclic) bond motifs is 1. The molecule has 96 valence electrons. The Morgan fingerprint density at radius 1 is 1.05 bits per heavy atom. The van der Waals surface area contributed by atoms with Crippen LogP contribution in [-0.2, 0) is 18.0 Å². The van der Waals surface area contributed by atoms with E-state index >= 15 is 0 Å². The van der Waals surface area contributed by atoms with Crippen LogP contribution in [0.2, 0.25) is 0 Å². The predicted octanol–water partition coefficient (Wildman–Crippen LogP) is 2.56. The number of pyridine rings is 1. The van der Waals surface area contributed by atoms with E-state index in [-0.39, 0.29) is 0 Å². The third-order valence-electron chi connectivity index (χ3n) is 2.95. The second kappa shape index (κ2) is 5.65. The van der Waals surface area contributed by atoms with Gasteiger partial charge in [-0.05, 0) is 17.7 Å². The zero-order valence-electron chi connectivity index (χ0n) is 10.5. The summed E-state index contributed by atoms with van der Waals surface area (Å²) in [7, 11) is 0. The highest BCUT2D eigenvalue weighted by Crippen LogP contribution is 2.09. The van der Waals surface area contributed by atoms with Crippen LogP contribution < -0.4 is 5.48 Å². The second-order valence-corrected chi connectivity index (χ2v) is 4.30. The van der Waals surface area contributed by atoms with Crippen LogP contribution in [0, 0.1) is 0 Å². The summed E-state index contributed by atoms with van der Waals surface area (Å²) in [6.45, 7) is 1.19. The lowest BCUT2D eigenvalue weighted by Crippen LogP contribution is -2.13. The maximum atomic E-state index is 5.45. The first kappa shape index (κ1) is 11.9. The highest BCUT2D eigenvalue weighted by Gasteiger charge is 2.02. The highest BCUT2D eigenvalue weighted by atomic mass is 16.6. The van der Waals surface area contributed by atoms with Gasteiger partial charge in [-0.15, -0.1) is 0 Å². The molecule has 0 saturated carbocycles. The van der Waals surface area contributed by atoms with Crippen molar-refractivity contribution in [2.45, 2.75) is 13.2 Å². The number of benzene rings is 1. The molecule has 1 aromatic carbocycles. The molecule has 0 aliphatic rings. The summed E-state index contributed by atoms with van der Waals surface area (Å²) in [6, 6.07) is 16.1.